The second-order valence-electron chi connectivity index (χ2n) is 4.16. The number of rotatable bonds is 3. The maximum Gasteiger partial charge on any atom is 0.0648 e. The second-order valence-corrected chi connectivity index (χ2v) is 4.16. The fraction of sp³-hybridized carbons (Fsp3) is 0.308. The number of hydrogen-bond donors (Lipinski definition) is 1. The van der Waals surface area contributed by atoms with Crippen molar-refractivity contribution >= 4 is 0 Å². The average Bonchev–Trinajstić information content (AvgIpc) is 2.33. The molecule has 2 rings (SSSR count). The molecule has 0 saturated heterocycles. The summed E-state index contributed by atoms with van der Waals surface area (Å²) in [7, 11) is 0. The molecule has 0 aliphatic carbocycles. The van der Waals surface area contributed by atoms with Crippen molar-refractivity contribution in [3.8, 4) is 0 Å². The molecule has 2 aromatic heterocycles. The Hall–Kier alpha value is -1.81. The van der Waals surface area contributed by atoms with Crippen LogP contribution in [0.4, 0.5) is 0 Å². The van der Waals surface area contributed by atoms with Crippen LogP contribution in [0.1, 0.15) is 28.7 Å². The molecule has 0 spiro atoms. The maximum absolute atomic E-state index is 6.19. The smallest absolute Gasteiger partial charge is 0.0648 e. The molecule has 1 unspecified atom stereocenters. The zero-order valence-corrected chi connectivity index (χ0v) is 10.1. The van der Waals surface area contributed by atoms with Crippen molar-refractivity contribution in [2.24, 2.45) is 5.73 Å². The molecule has 0 radical (unpaired) electrons. The number of pyridine rings is 1. The Morgan fingerprint density at radius 1 is 1.24 bits per heavy atom. The first kappa shape index (κ1) is 11.7. The highest BCUT2D eigenvalue weighted by Gasteiger charge is 2.12. The number of nitrogens with two attached hydrogens (primary N) is 1. The molecule has 88 valence electrons. The van der Waals surface area contributed by atoms with E-state index in [-0.39, 0.29) is 6.04 Å². The minimum absolute atomic E-state index is 0.0842. The van der Waals surface area contributed by atoms with Gasteiger partial charge in [0.25, 0.3) is 0 Å². The third kappa shape index (κ3) is 2.85. The fourth-order valence-corrected chi connectivity index (χ4v) is 1.80. The molecule has 4 nitrogen and oxygen atoms in total. The van der Waals surface area contributed by atoms with Gasteiger partial charge in [0.2, 0.25) is 0 Å². The number of aromatic nitrogens is 3. The molecule has 2 N–H and O–H groups in total. The van der Waals surface area contributed by atoms with E-state index >= 15 is 0 Å². The standard InChI is InChI=1S/C13H16N4/c1-9-7-12(10(2)17-16-9)13(14)8-11-5-3-4-6-15-11/h3-7,13H,8,14H2,1-2H3. The van der Waals surface area contributed by atoms with Crippen LogP contribution in [-0.2, 0) is 6.42 Å². The van der Waals surface area contributed by atoms with Crippen molar-refractivity contribution in [3.05, 3.63) is 53.1 Å². The molecule has 2 aromatic rings. The number of aryl methyl sites for hydroxylation is 2. The van der Waals surface area contributed by atoms with Gasteiger partial charge in [-0.1, -0.05) is 6.07 Å². The predicted molar refractivity (Wildman–Crippen MR) is 66.4 cm³/mol. The molecule has 1 atom stereocenters. The first-order chi connectivity index (χ1) is 8.16. The lowest BCUT2D eigenvalue weighted by molar-refractivity contribution is 0.687. The summed E-state index contributed by atoms with van der Waals surface area (Å²) < 4.78 is 0. The predicted octanol–water partition coefficient (Wildman–Crippen LogP) is 1.73. The SMILES string of the molecule is Cc1cc(C(N)Cc2ccccn2)c(C)nn1. The quantitative estimate of drug-likeness (QED) is 0.869. The lowest BCUT2D eigenvalue weighted by Crippen LogP contribution is -2.16. The maximum atomic E-state index is 6.19. The van der Waals surface area contributed by atoms with E-state index in [9.17, 15) is 0 Å². The minimum atomic E-state index is -0.0842. The van der Waals surface area contributed by atoms with E-state index in [1.54, 1.807) is 6.20 Å². The van der Waals surface area contributed by atoms with Crippen LogP contribution in [0.5, 0.6) is 0 Å². The minimum Gasteiger partial charge on any atom is -0.324 e. The summed E-state index contributed by atoms with van der Waals surface area (Å²) in [5.41, 5.74) is 10.0. The topological polar surface area (TPSA) is 64.7 Å². The Labute approximate surface area is 101 Å². The van der Waals surface area contributed by atoms with Crippen LogP contribution in [0, 0.1) is 13.8 Å². The van der Waals surface area contributed by atoms with E-state index in [4.69, 9.17) is 5.73 Å². The van der Waals surface area contributed by atoms with Gasteiger partial charge < -0.3 is 5.73 Å². The van der Waals surface area contributed by atoms with Gasteiger partial charge in [-0.15, -0.1) is 0 Å². The molecule has 0 saturated carbocycles. The Kier molecular flexibility index (Phi) is 3.44. The van der Waals surface area contributed by atoms with Crippen molar-refractivity contribution in [2.45, 2.75) is 26.3 Å². The van der Waals surface area contributed by atoms with Crippen LogP contribution < -0.4 is 5.73 Å². The van der Waals surface area contributed by atoms with Crippen LogP contribution in [0.2, 0.25) is 0 Å². The van der Waals surface area contributed by atoms with E-state index in [1.807, 2.05) is 38.1 Å². The fourth-order valence-electron chi connectivity index (χ4n) is 1.80. The van der Waals surface area contributed by atoms with Gasteiger partial charge >= 0.3 is 0 Å². The van der Waals surface area contributed by atoms with Gasteiger partial charge in [0, 0.05) is 24.4 Å². The highest BCUT2D eigenvalue weighted by Crippen LogP contribution is 2.17. The molecular formula is C13H16N4. The summed E-state index contributed by atoms with van der Waals surface area (Å²) in [4.78, 5) is 4.28. The first-order valence-corrected chi connectivity index (χ1v) is 5.63. The molecule has 2 heterocycles. The van der Waals surface area contributed by atoms with Crippen molar-refractivity contribution in [3.63, 3.8) is 0 Å². The van der Waals surface area contributed by atoms with Crippen LogP contribution in [0.25, 0.3) is 0 Å². The third-order valence-electron chi connectivity index (χ3n) is 2.69. The van der Waals surface area contributed by atoms with Crippen LogP contribution in [0.15, 0.2) is 30.5 Å². The number of nitrogens with zero attached hydrogens (tertiary/aromatic N) is 3. The van der Waals surface area contributed by atoms with E-state index in [2.05, 4.69) is 15.2 Å². The van der Waals surface area contributed by atoms with Crippen LogP contribution >= 0.6 is 0 Å². The zero-order chi connectivity index (χ0) is 12.3. The van der Waals surface area contributed by atoms with Crippen molar-refractivity contribution in [2.75, 3.05) is 0 Å². The van der Waals surface area contributed by atoms with Gasteiger partial charge in [-0.3, -0.25) is 4.98 Å². The van der Waals surface area contributed by atoms with Gasteiger partial charge in [-0.05, 0) is 37.6 Å². The number of hydrogen-bond acceptors (Lipinski definition) is 4. The molecule has 0 fully saturated rings. The van der Waals surface area contributed by atoms with Crippen molar-refractivity contribution in [1.82, 2.24) is 15.2 Å². The van der Waals surface area contributed by atoms with Gasteiger partial charge in [-0.2, -0.15) is 10.2 Å². The summed E-state index contributed by atoms with van der Waals surface area (Å²) in [5, 5.41) is 8.10. The molecule has 17 heavy (non-hydrogen) atoms. The summed E-state index contributed by atoms with van der Waals surface area (Å²) in [6, 6.07) is 7.77. The van der Waals surface area contributed by atoms with Crippen molar-refractivity contribution < 1.29 is 0 Å². The van der Waals surface area contributed by atoms with E-state index in [0.717, 1.165) is 22.6 Å². The van der Waals surface area contributed by atoms with Gasteiger partial charge in [-0.25, -0.2) is 0 Å². The summed E-state index contributed by atoms with van der Waals surface area (Å²) in [5.74, 6) is 0. The summed E-state index contributed by atoms with van der Waals surface area (Å²) in [6.07, 6.45) is 2.50. The van der Waals surface area contributed by atoms with E-state index in [1.165, 1.54) is 0 Å². The van der Waals surface area contributed by atoms with Gasteiger partial charge in [0.05, 0.1) is 11.4 Å². The molecule has 0 bridgehead atoms. The summed E-state index contributed by atoms with van der Waals surface area (Å²) in [6.45, 7) is 3.85. The molecule has 0 aromatic carbocycles. The largest absolute Gasteiger partial charge is 0.324 e. The highest BCUT2D eigenvalue weighted by molar-refractivity contribution is 5.24. The molecule has 0 aliphatic heterocycles. The highest BCUT2D eigenvalue weighted by atomic mass is 15.1. The lowest BCUT2D eigenvalue weighted by atomic mass is 10.0. The Morgan fingerprint density at radius 2 is 2.06 bits per heavy atom. The van der Waals surface area contributed by atoms with Gasteiger partial charge in [0.1, 0.15) is 0 Å². The second kappa shape index (κ2) is 5.01. The molecule has 0 amide bonds. The Morgan fingerprint density at radius 3 is 2.76 bits per heavy atom. The Bertz CT molecular complexity index is 496. The van der Waals surface area contributed by atoms with Crippen molar-refractivity contribution in [1.29, 1.82) is 0 Å². The third-order valence-corrected chi connectivity index (χ3v) is 2.69. The molecular weight excluding hydrogens is 212 g/mol. The Balaban J connectivity index is 2.20. The normalized spacial score (nSPS) is 12.4. The van der Waals surface area contributed by atoms with Crippen LogP contribution in [0.3, 0.4) is 0 Å². The average molecular weight is 228 g/mol. The monoisotopic (exact) mass is 228 g/mol. The van der Waals surface area contributed by atoms with E-state index in [0.29, 0.717) is 6.42 Å². The van der Waals surface area contributed by atoms with E-state index < -0.39 is 0 Å². The van der Waals surface area contributed by atoms with Crippen LogP contribution in [-0.4, -0.2) is 15.2 Å². The summed E-state index contributed by atoms with van der Waals surface area (Å²) >= 11 is 0. The lowest BCUT2D eigenvalue weighted by Gasteiger charge is -2.13. The molecule has 0 aliphatic rings. The van der Waals surface area contributed by atoms with Gasteiger partial charge in [0.15, 0.2) is 0 Å². The first-order valence-electron chi connectivity index (χ1n) is 5.63. The zero-order valence-electron chi connectivity index (χ0n) is 10.1. The molecule has 4 heteroatoms.